The molecule has 0 spiro atoms. The van der Waals surface area contributed by atoms with E-state index in [1.54, 1.807) is 24.3 Å². The van der Waals surface area contributed by atoms with Crippen molar-refractivity contribution < 1.29 is 14.6 Å². The molecule has 14 heavy (non-hydrogen) atoms. The lowest BCUT2D eigenvalue weighted by molar-refractivity contribution is 0.0607. The summed E-state index contributed by atoms with van der Waals surface area (Å²) in [5.74, 6) is -0.162. The van der Waals surface area contributed by atoms with Crippen molar-refractivity contribution in [3.8, 4) is 0 Å². The lowest BCUT2D eigenvalue weighted by atomic mass is 10.2. The summed E-state index contributed by atoms with van der Waals surface area (Å²) in [7, 11) is 0. The third kappa shape index (κ3) is 3.03. The van der Waals surface area contributed by atoms with E-state index in [0.29, 0.717) is 5.56 Å². The molecule has 0 aromatic heterocycles. The van der Waals surface area contributed by atoms with E-state index < -0.39 is 5.97 Å². The van der Waals surface area contributed by atoms with Gasteiger partial charge in [-0.05, 0) is 12.1 Å². The Morgan fingerprint density at radius 1 is 1.36 bits per heavy atom. The Labute approximate surface area is 82.6 Å². The van der Waals surface area contributed by atoms with E-state index in [2.05, 4.69) is 6.58 Å². The van der Waals surface area contributed by atoms with E-state index in [-0.39, 0.29) is 18.8 Å². The van der Waals surface area contributed by atoms with Gasteiger partial charge in [0.25, 0.3) is 0 Å². The number of aliphatic hydroxyl groups is 1. The van der Waals surface area contributed by atoms with Crippen LogP contribution in [-0.4, -0.2) is 17.7 Å². The van der Waals surface area contributed by atoms with Gasteiger partial charge in [-0.1, -0.05) is 24.8 Å². The molecule has 0 heterocycles. The van der Waals surface area contributed by atoms with Crippen LogP contribution in [0.4, 0.5) is 0 Å². The fraction of sp³-hybridized carbons (Fsp3) is 0.182. The van der Waals surface area contributed by atoms with Crippen molar-refractivity contribution in [2.45, 2.75) is 6.42 Å². The number of hydrogen-bond donors (Lipinski definition) is 1. The zero-order valence-electron chi connectivity index (χ0n) is 7.77. The number of rotatable bonds is 4. The number of carbonyl (C=O) groups excluding carboxylic acids is 1. The number of hydrogen-bond acceptors (Lipinski definition) is 3. The Morgan fingerprint density at radius 2 is 2.00 bits per heavy atom. The number of carbonyl (C=O) groups is 1. The van der Waals surface area contributed by atoms with Crippen molar-refractivity contribution >= 4 is 5.97 Å². The molecule has 0 bridgehead atoms. The third-order valence-electron chi connectivity index (χ3n) is 1.64. The first-order valence-corrected chi connectivity index (χ1v) is 4.30. The quantitative estimate of drug-likeness (QED) is 0.583. The van der Waals surface area contributed by atoms with Gasteiger partial charge in [0.05, 0.1) is 12.2 Å². The fourth-order valence-corrected chi connectivity index (χ4v) is 0.940. The summed E-state index contributed by atoms with van der Waals surface area (Å²) in [5, 5.41) is 8.57. The van der Waals surface area contributed by atoms with Gasteiger partial charge in [-0.15, -0.1) is 0 Å². The van der Waals surface area contributed by atoms with Crippen molar-refractivity contribution in [3.05, 3.63) is 48.2 Å². The molecule has 0 radical (unpaired) electrons. The van der Waals surface area contributed by atoms with Gasteiger partial charge in [0.15, 0.2) is 0 Å². The second-order valence-electron chi connectivity index (χ2n) is 2.77. The number of esters is 1. The minimum atomic E-state index is -0.441. The van der Waals surface area contributed by atoms with Crippen molar-refractivity contribution in [2.75, 3.05) is 6.61 Å². The average Bonchev–Trinajstić information content (AvgIpc) is 2.19. The standard InChI is InChI=1S/C11H12O3/c1-9(7-8-12)14-11(13)10-5-3-2-4-6-10/h2-6,12H,1,7-8H2. The Balaban J connectivity index is 2.55. The maximum atomic E-state index is 11.4. The molecule has 0 aliphatic rings. The third-order valence-corrected chi connectivity index (χ3v) is 1.64. The highest BCUT2D eigenvalue weighted by Gasteiger charge is 2.07. The second-order valence-corrected chi connectivity index (χ2v) is 2.77. The van der Waals surface area contributed by atoms with E-state index >= 15 is 0 Å². The van der Waals surface area contributed by atoms with E-state index in [1.807, 2.05) is 6.07 Å². The van der Waals surface area contributed by atoms with Gasteiger partial charge in [0, 0.05) is 6.42 Å². The maximum Gasteiger partial charge on any atom is 0.343 e. The van der Waals surface area contributed by atoms with Crippen LogP contribution in [0, 0.1) is 0 Å². The summed E-state index contributed by atoms with van der Waals surface area (Å²) in [6.45, 7) is 3.44. The van der Waals surface area contributed by atoms with Gasteiger partial charge in [0.2, 0.25) is 0 Å². The molecule has 1 N–H and O–H groups in total. The highest BCUT2D eigenvalue weighted by atomic mass is 16.5. The molecule has 0 saturated heterocycles. The maximum absolute atomic E-state index is 11.4. The Morgan fingerprint density at radius 3 is 2.57 bits per heavy atom. The smallest absolute Gasteiger partial charge is 0.343 e. The van der Waals surface area contributed by atoms with Crippen molar-refractivity contribution in [2.24, 2.45) is 0 Å². The number of benzene rings is 1. The molecule has 3 nitrogen and oxygen atoms in total. The van der Waals surface area contributed by atoms with Crippen LogP contribution in [0.1, 0.15) is 16.8 Å². The Kier molecular flexibility index (Phi) is 3.88. The molecule has 1 aromatic carbocycles. The molecule has 0 saturated carbocycles. The van der Waals surface area contributed by atoms with Gasteiger partial charge in [-0.25, -0.2) is 4.79 Å². The van der Waals surface area contributed by atoms with Gasteiger partial charge in [-0.2, -0.15) is 0 Å². The first kappa shape index (κ1) is 10.5. The molecule has 0 fully saturated rings. The van der Waals surface area contributed by atoms with Crippen molar-refractivity contribution in [1.29, 1.82) is 0 Å². The summed E-state index contributed by atoms with van der Waals surface area (Å²) in [6, 6.07) is 8.65. The zero-order chi connectivity index (χ0) is 10.4. The molecule has 0 amide bonds. The minimum absolute atomic E-state index is 0.0685. The van der Waals surface area contributed by atoms with Gasteiger partial charge in [0.1, 0.15) is 5.76 Å². The van der Waals surface area contributed by atoms with E-state index in [9.17, 15) is 4.79 Å². The molecule has 74 valence electrons. The molecular weight excluding hydrogens is 180 g/mol. The van der Waals surface area contributed by atoms with Crippen LogP contribution in [0.15, 0.2) is 42.7 Å². The normalized spacial score (nSPS) is 9.50. The topological polar surface area (TPSA) is 46.5 Å². The summed E-state index contributed by atoms with van der Waals surface area (Å²) in [5.41, 5.74) is 0.478. The lowest BCUT2D eigenvalue weighted by Gasteiger charge is -2.05. The zero-order valence-corrected chi connectivity index (χ0v) is 7.77. The molecule has 0 atom stereocenters. The fourth-order valence-electron chi connectivity index (χ4n) is 0.940. The molecule has 1 rings (SSSR count). The molecule has 0 unspecified atom stereocenters. The minimum Gasteiger partial charge on any atom is -0.428 e. The molecular formula is C11H12O3. The molecule has 3 heteroatoms. The predicted molar refractivity (Wildman–Crippen MR) is 52.7 cm³/mol. The molecule has 0 aliphatic carbocycles. The highest BCUT2D eigenvalue weighted by molar-refractivity contribution is 5.89. The summed E-state index contributed by atoms with van der Waals surface area (Å²) in [4.78, 5) is 11.4. The second kappa shape index (κ2) is 5.19. The largest absolute Gasteiger partial charge is 0.428 e. The monoisotopic (exact) mass is 192 g/mol. The number of ether oxygens (including phenoxy) is 1. The lowest BCUT2D eigenvalue weighted by Crippen LogP contribution is -2.05. The summed E-state index contributed by atoms with van der Waals surface area (Å²) >= 11 is 0. The van der Waals surface area contributed by atoms with Crippen LogP contribution < -0.4 is 0 Å². The number of aliphatic hydroxyl groups excluding tert-OH is 1. The van der Waals surface area contributed by atoms with Gasteiger partial charge >= 0.3 is 5.97 Å². The predicted octanol–water partition coefficient (Wildman–Crippen LogP) is 1.74. The Bertz CT molecular complexity index is 317. The van der Waals surface area contributed by atoms with E-state index in [4.69, 9.17) is 9.84 Å². The van der Waals surface area contributed by atoms with Crippen LogP contribution in [0.3, 0.4) is 0 Å². The summed E-state index contributed by atoms with van der Waals surface area (Å²) < 4.78 is 4.88. The first-order valence-electron chi connectivity index (χ1n) is 4.30. The van der Waals surface area contributed by atoms with E-state index in [1.165, 1.54) is 0 Å². The van der Waals surface area contributed by atoms with E-state index in [0.717, 1.165) is 0 Å². The van der Waals surface area contributed by atoms with Crippen molar-refractivity contribution in [3.63, 3.8) is 0 Å². The van der Waals surface area contributed by atoms with Crippen molar-refractivity contribution in [1.82, 2.24) is 0 Å². The van der Waals surface area contributed by atoms with Crippen LogP contribution in [0.2, 0.25) is 0 Å². The first-order chi connectivity index (χ1) is 6.74. The van der Waals surface area contributed by atoms with Gasteiger partial charge < -0.3 is 9.84 Å². The van der Waals surface area contributed by atoms with Crippen LogP contribution >= 0.6 is 0 Å². The highest BCUT2D eigenvalue weighted by Crippen LogP contribution is 2.06. The van der Waals surface area contributed by atoms with Crippen LogP contribution in [-0.2, 0) is 4.74 Å². The molecule has 1 aromatic rings. The average molecular weight is 192 g/mol. The van der Waals surface area contributed by atoms with Crippen LogP contribution in [0.25, 0.3) is 0 Å². The Hall–Kier alpha value is -1.61. The van der Waals surface area contributed by atoms with Crippen LogP contribution in [0.5, 0.6) is 0 Å². The SMILES string of the molecule is C=C(CCO)OC(=O)c1ccccc1. The molecule has 0 aliphatic heterocycles. The summed E-state index contributed by atoms with van der Waals surface area (Å²) in [6.07, 6.45) is 0.276. The van der Waals surface area contributed by atoms with Gasteiger partial charge in [-0.3, -0.25) is 0 Å².